The van der Waals surface area contributed by atoms with Crippen LogP contribution < -0.4 is 5.32 Å². The summed E-state index contributed by atoms with van der Waals surface area (Å²) in [5, 5.41) is 5.55. The molecule has 0 saturated heterocycles. The highest BCUT2D eigenvalue weighted by atomic mass is 32.1. The first kappa shape index (κ1) is 16.7. The summed E-state index contributed by atoms with van der Waals surface area (Å²) in [5.74, 6) is 0. The van der Waals surface area contributed by atoms with Gasteiger partial charge < -0.3 is 5.32 Å². The van der Waals surface area contributed by atoms with Gasteiger partial charge in [-0.2, -0.15) is 0 Å². The molecule has 0 radical (unpaired) electrons. The molecule has 0 amide bonds. The lowest BCUT2D eigenvalue weighted by Gasteiger charge is -2.37. The predicted molar refractivity (Wildman–Crippen MR) is 86.8 cm³/mol. The van der Waals surface area contributed by atoms with Gasteiger partial charge in [-0.25, -0.2) is 0 Å². The molecule has 1 N–H and O–H groups in total. The molecule has 0 aliphatic heterocycles. The summed E-state index contributed by atoms with van der Waals surface area (Å²) >= 11 is 1.86. The molecule has 0 fully saturated rings. The van der Waals surface area contributed by atoms with Gasteiger partial charge in [-0.15, -0.1) is 11.3 Å². The van der Waals surface area contributed by atoms with Crippen LogP contribution >= 0.6 is 11.3 Å². The molecule has 2 nitrogen and oxygen atoms in total. The summed E-state index contributed by atoms with van der Waals surface area (Å²) in [5.41, 5.74) is 0.366. The van der Waals surface area contributed by atoms with Crippen LogP contribution in [0.25, 0.3) is 0 Å². The second-order valence-electron chi connectivity index (χ2n) is 6.17. The summed E-state index contributed by atoms with van der Waals surface area (Å²) in [6.07, 6.45) is 2.53. The van der Waals surface area contributed by atoms with Gasteiger partial charge in [0.1, 0.15) is 0 Å². The molecule has 0 aliphatic carbocycles. The van der Waals surface area contributed by atoms with Gasteiger partial charge in [0.05, 0.1) is 0 Å². The molecule has 110 valence electrons. The Morgan fingerprint density at radius 3 is 2.63 bits per heavy atom. The van der Waals surface area contributed by atoms with Crippen LogP contribution in [0.1, 0.15) is 45.4 Å². The molecule has 0 bridgehead atoms. The lowest BCUT2D eigenvalue weighted by molar-refractivity contribution is 0.118. The van der Waals surface area contributed by atoms with Crippen molar-refractivity contribution in [3.05, 3.63) is 22.4 Å². The highest BCUT2D eigenvalue weighted by molar-refractivity contribution is 7.09. The highest BCUT2D eigenvalue weighted by Gasteiger charge is 2.27. The molecule has 1 unspecified atom stereocenters. The maximum Gasteiger partial charge on any atom is 0.0330 e. The first-order valence-corrected chi connectivity index (χ1v) is 8.30. The Bertz CT molecular complexity index is 327. The number of nitrogens with one attached hydrogen (secondary N) is 1. The third-order valence-corrected chi connectivity index (χ3v) is 4.57. The van der Waals surface area contributed by atoms with E-state index >= 15 is 0 Å². The maximum absolute atomic E-state index is 3.37. The van der Waals surface area contributed by atoms with E-state index < -0.39 is 0 Å². The molecular formula is C16H30N2S. The largest absolute Gasteiger partial charge is 0.319 e. The number of rotatable bonds is 9. The van der Waals surface area contributed by atoms with E-state index in [1.807, 2.05) is 11.3 Å². The van der Waals surface area contributed by atoms with Crippen LogP contribution in [0.15, 0.2) is 17.5 Å². The molecule has 1 rings (SSSR count). The van der Waals surface area contributed by atoms with Gasteiger partial charge in [-0.1, -0.05) is 26.3 Å². The number of hydrogen-bond acceptors (Lipinski definition) is 3. The summed E-state index contributed by atoms with van der Waals surface area (Å²) in [6.45, 7) is 12.6. The molecule has 1 aromatic heterocycles. The SMILES string of the molecule is CCCC(C)(CNC)CN(Cc1cccs1)C(C)C. The molecule has 3 heteroatoms. The number of hydrogen-bond donors (Lipinski definition) is 1. The minimum Gasteiger partial charge on any atom is -0.319 e. The lowest BCUT2D eigenvalue weighted by Crippen LogP contribution is -2.43. The van der Waals surface area contributed by atoms with Gasteiger partial charge in [0.15, 0.2) is 0 Å². The summed E-state index contributed by atoms with van der Waals surface area (Å²) in [6, 6.07) is 4.99. The van der Waals surface area contributed by atoms with Crippen molar-refractivity contribution < 1.29 is 0 Å². The minimum absolute atomic E-state index is 0.366. The topological polar surface area (TPSA) is 15.3 Å². The molecule has 0 spiro atoms. The Morgan fingerprint density at radius 2 is 2.16 bits per heavy atom. The maximum atomic E-state index is 3.37. The highest BCUT2D eigenvalue weighted by Crippen LogP contribution is 2.26. The van der Waals surface area contributed by atoms with Crippen molar-refractivity contribution in [2.45, 2.75) is 53.1 Å². The zero-order valence-electron chi connectivity index (χ0n) is 13.2. The first-order valence-electron chi connectivity index (χ1n) is 7.42. The fourth-order valence-corrected chi connectivity index (χ4v) is 3.50. The smallest absolute Gasteiger partial charge is 0.0330 e. The predicted octanol–water partition coefficient (Wildman–Crippen LogP) is 3.98. The molecule has 0 aromatic carbocycles. The lowest BCUT2D eigenvalue weighted by atomic mass is 9.84. The van der Waals surface area contributed by atoms with E-state index in [2.05, 4.69) is 62.5 Å². The van der Waals surface area contributed by atoms with E-state index in [0.29, 0.717) is 11.5 Å². The Morgan fingerprint density at radius 1 is 1.42 bits per heavy atom. The Labute approximate surface area is 123 Å². The van der Waals surface area contributed by atoms with Crippen LogP contribution in [0.4, 0.5) is 0 Å². The quantitative estimate of drug-likeness (QED) is 0.737. The van der Waals surface area contributed by atoms with Crippen LogP contribution in [0.5, 0.6) is 0 Å². The van der Waals surface area contributed by atoms with Gasteiger partial charge >= 0.3 is 0 Å². The van der Waals surface area contributed by atoms with Crippen LogP contribution in [0.3, 0.4) is 0 Å². The van der Waals surface area contributed by atoms with E-state index in [9.17, 15) is 0 Å². The third-order valence-electron chi connectivity index (χ3n) is 3.71. The van der Waals surface area contributed by atoms with Gasteiger partial charge in [0, 0.05) is 30.6 Å². The van der Waals surface area contributed by atoms with Crippen molar-refractivity contribution in [3.8, 4) is 0 Å². The van der Waals surface area contributed by atoms with Crippen LogP contribution in [-0.4, -0.2) is 31.1 Å². The van der Waals surface area contributed by atoms with Gasteiger partial charge in [-0.05, 0) is 44.2 Å². The van der Waals surface area contributed by atoms with Crippen LogP contribution in [0, 0.1) is 5.41 Å². The number of thiophene rings is 1. The van der Waals surface area contributed by atoms with Crippen molar-refractivity contribution in [1.82, 2.24) is 10.2 Å². The van der Waals surface area contributed by atoms with E-state index in [-0.39, 0.29) is 0 Å². The van der Waals surface area contributed by atoms with Crippen LogP contribution in [-0.2, 0) is 6.54 Å². The zero-order chi connectivity index (χ0) is 14.3. The average Bonchev–Trinajstić information content (AvgIpc) is 2.81. The van der Waals surface area contributed by atoms with Crippen molar-refractivity contribution in [1.29, 1.82) is 0 Å². The minimum atomic E-state index is 0.366. The molecule has 0 aliphatic rings. The van der Waals surface area contributed by atoms with Crippen molar-refractivity contribution in [2.75, 3.05) is 20.1 Å². The standard InChI is InChI=1S/C16H30N2S/c1-6-9-16(4,12-17-5)13-18(14(2)3)11-15-8-7-10-19-15/h7-8,10,14,17H,6,9,11-13H2,1-5H3. The molecule has 0 saturated carbocycles. The first-order chi connectivity index (χ1) is 9.00. The average molecular weight is 282 g/mol. The molecule has 19 heavy (non-hydrogen) atoms. The second-order valence-corrected chi connectivity index (χ2v) is 7.20. The summed E-state index contributed by atoms with van der Waals surface area (Å²) < 4.78 is 0. The molecular weight excluding hydrogens is 252 g/mol. The van der Waals surface area contributed by atoms with Crippen molar-refractivity contribution in [2.24, 2.45) is 5.41 Å². The fourth-order valence-electron chi connectivity index (χ4n) is 2.77. The van der Waals surface area contributed by atoms with Crippen molar-refractivity contribution in [3.63, 3.8) is 0 Å². The van der Waals surface area contributed by atoms with Crippen molar-refractivity contribution >= 4 is 11.3 Å². The third kappa shape index (κ3) is 5.64. The van der Waals surface area contributed by atoms with Crippen LogP contribution in [0.2, 0.25) is 0 Å². The number of nitrogens with zero attached hydrogens (tertiary/aromatic N) is 1. The van der Waals surface area contributed by atoms with Gasteiger partial charge in [0.2, 0.25) is 0 Å². The van der Waals surface area contributed by atoms with Gasteiger partial charge in [0.25, 0.3) is 0 Å². The van der Waals surface area contributed by atoms with Gasteiger partial charge in [-0.3, -0.25) is 4.90 Å². The van der Waals surface area contributed by atoms with E-state index in [1.54, 1.807) is 0 Å². The zero-order valence-corrected chi connectivity index (χ0v) is 14.0. The normalized spacial score (nSPS) is 15.1. The Kier molecular flexibility index (Phi) is 7.05. The van der Waals surface area contributed by atoms with E-state index in [4.69, 9.17) is 0 Å². The molecule has 1 heterocycles. The molecule has 1 atom stereocenters. The molecule has 1 aromatic rings. The summed E-state index contributed by atoms with van der Waals surface area (Å²) in [7, 11) is 2.06. The summed E-state index contributed by atoms with van der Waals surface area (Å²) in [4.78, 5) is 4.08. The van der Waals surface area contributed by atoms with E-state index in [0.717, 1.165) is 19.6 Å². The Balaban J connectivity index is 2.69. The second kappa shape index (κ2) is 8.03. The monoisotopic (exact) mass is 282 g/mol. The fraction of sp³-hybridized carbons (Fsp3) is 0.750. The Hall–Kier alpha value is -0.380. The van der Waals surface area contributed by atoms with E-state index in [1.165, 1.54) is 17.7 Å².